The van der Waals surface area contributed by atoms with Crippen molar-refractivity contribution in [3.8, 4) is 0 Å². The average molecular weight is 190 g/mol. The molecule has 14 heavy (non-hydrogen) atoms. The Hall–Kier alpha value is -1.31. The summed E-state index contributed by atoms with van der Waals surface area (Å²) in [6.07, 6.45) is 0. The summed E-state index contributed by atoms with van der Waals surface area (Å²) in [6, 6.07) is 10.3. The van der Waals surface area contributed by atoms with Crippen LogP contribution < -0.4 is 0 Å². The molecule has 0 aromatic heterocycles. The van der Waals surface area contributed by atoms with E-state index in [1.807, 2.05) is 30.3 Å². The van der Waals surface area contributed by atoms with Gasteiger partial charge in [-0.15, -0.1) is 0 Å². The van der Waals surface area contributed by atoms with Crippen molar-refractivity contribution in [3.63, 3.8) is 0 Å². The molecule has 0 unspecified atom stereocenters. The molecule has 0 saturated heterocycles. The van der Waals surface area contributed by atoms with Gasteiger partial charge in [-0.05, 0) is 20.8 Å². The lowest BCUT2D eigenvalue weighted by molar-refractivity contribution is 0.365. The highest BCUT2D eigenvalue weighted by Crippen LogP contribution is 2.07. The molecule has 1 aromatic rings. The maximum Gasteiger partial charge on any atom is 0.128 e. The first-order valence-electron chi connectivity index (χ1n) is 5.07. The Labute approximate surface area is 86.1 Å². The van der Waals surface area contributed by atoms with Crippen LogP contribution in [0.3, 0.4) is 0 Å². The first kappa shape index (κ1) is 10.8. The van der Waals surface area contributed by atoms with Gasteiger partial charge in [-0.1, -0.05) is 30.3 Å². The van der Waals surface area contributed by atoms with Crippen LogP contribution in [0.15, 0.2) is 30.3 Å². The molecule has 0 spiro atoms. The summed E-state index contributed by atoms with van der Waals surface area (Å²) in [7, 11) is 0. The van der Waals surface area contributed by atoms with Crippen molar-refractivity contribution in [1.82, 2.24) is 4.90 Å². The van der Waals surface area contributed by atoms with Crippen LogP contribution in [0.5, 0.6) is 0 Å². The van der Waals surface area contributed by atoms with Crippen molar-refractivity contribution in [2.75, 3.05) is 6.54 Å². The van der Waals surface area contributed by atoms with Gasteiger partial charge in [0.05, 0.1) is 0 Å². The van der Waals surface area contributed by atoms with E-state index >= 15 is 0 Å². The Bertz CT molecular complexity index is 290. The number of nitrogens with zero attached hydrogens (tertiary/aromatic N) is 1. The Kier molecular flexibility index (Phi) is 3.69. The van der Waals surface area contributed by atoms with E-state index in [0.717, 1.165) is 12.1 Å². The number of hydrogen-bond donors (Lipinski definition) is 1. The predicted octanol–water partition coefficient (Wildman–Crippen LogP) is 2.74. The molecular formula is C12H18N2. The summed E-state index contributed by atoms with van der Waals surface area (Å²) in [4.78, 5) is 2.08. The molecular weight excluding hydrogens is 172 g/mol. The topological polar surface area (TPSA) is 27.1 Å². The van der Waals surface area contributed by atoms with Gasteiger partial charge in [-0.25, -0.2) is 0 Å². The van der Waals surface area contributed by atoms with E-state index in [1.54, 1.807) is 0 Å². The van der Waals surface area contributed by atoms with Crippen LogP contribution in [0, 0.1) is 5.41 Å². The zero-order valence-corrected chi connectivity index (χ0v) is 9.12. The second-order valence-corrected chi connectivity index (χ2v) is 3.59. The number of benzene rings is 1. The Balaban J connectivity index is 2.84. The van der Waals surface area contributed by atoms with Gasteiger partial charge in [0, 0.05) is 18.2 Å². The highest BCUT2D eigenvalue weighted by Gasteiger charge is 2.12. The van der Waals surface area contributed by atoms with Crippen molar-refractivity contribution in [2.24, 2.45) is 0 Å². The third-order valence-corrected chi connectivity index (χ3v) is 2.30. The molecule has 0 aliphatic carbocycles. The van der Waals surface area contributed by atoms with Crippen LogP contribution in [0.1, 0.15) is 26.3 Å². The Morgan fingerprint density at radius 2 is 1.86 bits per heavy atom. The van der Waals surface area contributed by atoms with Gasteiger partial charge in [0.2, 0.25) is 0 Å². The van der Waals surface area contributed by atoms with E-state index in [1.165, 1.54) is 0 Å². The molecule has 76 valence electrons. The fourth-order valence-electron chi connectivity index (χ4n) is 1.54. The van der Waals surface area contributed by atoms with Gasteiger partial charge >= 0.3 is 0 Å². The van der Waals surface area contributed by atoms with Crippen molar-refractivity contribution < 1.29 is 0 Å². The van der Waals surface area contributed by atoms with Crippen LogP contribution >= 0.6 is 0 Å². The average Bonchev–Trinajstić information content (AvgIpc) is 2.19. The largest absolute Gasteiger partial charge is 0.354 e. The van der Waals surface area contributed by atoms with Crippen LogP contribution in [-0.4, -0.2) is 23.3 Å². The summed E-state index contributed by atoms with van der Waals surface area (Å²) >= 11 is 0. The summed E-state index contributed by atoms with van der Waals surface area (Å²) in [5, 5.41) is 8.04. The molecule has 0 radical (unpaired) electrons. The van der Waals surface area contributed by atoms with Crippen molar-refractivity contribution in [2.45, 2.75) is 26.8 Å². The summed E-state index contributed by atoms with van der Waals surface area (Å²) in [5.74, 6) is 0.614. The lowest BCUT2D eigenvalue weighted by Crippen LogP contribution is -2.36. The summed E-state index contributed by atoms with van der Waals surface area (Å²) < 4.78 is 0. The lowest BCUT2D eigenvalue weighted by atomic mass is 10.1. The van der Waals surface area contributed by atoms with Gasteiger partial charge in [0.15, 0.2) is 0 Å². The molecule has 2 heteroatoms. The third kappa shape index (κ3) is 2.34. The molecule has 0 aliphatic rings. The summed E-state index contributed by atoms with van der Waals surface area (Å²) in [5.41, 5.74) is 0.989. The Morgan fingerprint density at radius 3 is 2.29 bits per heavy atom. The van der Waals surface area contributed by atoms with E-state index in [4.69, 9.17) is 5.41 Å². The molecule has 0 amide bonds. The molecule has 0 fully saturated rings. The van der Waals surface area contributed by atoms with Gasteiger partial charge in [0.1, 0.15) is 5.84 Å². The second-order valence-electron chi connectivity index (χ2n) is 3.59. The van der Waals surface area contributed by atoms with Crippen molar-refractivity contribution >= 4 is 5.84 Å². The first-order chi connectivity index (χ1) is 6.66. The minimum atomic E-state index is 0.382. The minimum absolute atomic E-state index is 0.382. The van der Waals surface area contributed by atoms with E-state index in [9.17, 15) is 0 Å². The Morgan fingerprint density at radius 1 is 1.29 bits per heavy atom. The van der Waals surface area contributed by atoms with E-state index in [2.05, 4.69) is 25.7 Å². The third-order valence-electron chi connectivity index (χ3n) is 2.30. The van der Waals surface area contributed by atoms with Crippen LogP contribution in [0.2, 0.25) is 0 Å². The zero-order chi connectivity index (χ0) is 10.6. The standard InChI is InChI=1S/C12H18N2/c1-4-14(10(2)3)12(13)11-8-6-5-7-9-11/h5-10,13H,4H2,1-3H3. The van der Waals surface area contributed by atoms with E-state index in [0.29, 0.717) is 11.9 Å². The number of hydrogen-bond acceptors (Lipinski definition) is 1. The van der Waals surface area contributed by atoms with Gasteiger partial charge in [-0.3, -0.25) is 5.41 Å². The molecule has 0 heterocycles. The molecule has 0 saturated carbocycles. The van der Waals surface area contributed by atoms with Gasteiger partial charge in [-0.2, -0.15) is 0 Å². The van der Waals surface area contributed by atoms with E-state index in [-0.39, 0.29) is 0 Å². The molecule has 1 rings (SSSR count). The minimum Gasteiger partial charge on any atom is -0.354 e. The number of nitrogens with one attached hydrogen (secondary N) is 1. The highest BCUT2D eigenvalue weighted by molar-refractivity contribution is 5.96. The number of rotatable bonds is 3. The van der Waals surface area contributed by atoms with Crippen LogP contribution in [-0.2, 0) is 0 Å². The maximum atomic E-state index is 8.04. The number of amidine groups is 1. The monoisotopic (exact) mass is 190 g/mol. The normalized spacial score (nSPS) is 10.3. The van der Waals surface area contributed by atoms with Gasteiger partial charge in [0.25, 0.3) is 0 Å². The zero-order valence-electron chi connectivity index (χ0n) is 9.12. The van der Waals surface area contributed by atoms with E-state index < -0.39 is 0 Å². The molecule has 0 bridgehead atoms. The SMILES string of the molecule is CCN(C(=N)c1ccccc1)C(C)C. The maximum absolute atomic E-state index is 8.04. The quantitative estimate of drug-likeness (QED) is 0.576. The lowest BCUT2D eigenvalue weighted by Gasteiger charge is -2.27. The molecule has 2 nitrogen and oxygen atoms in total. The van der Waals surface area contributed by atoms with Crippen LogP contribution in [0.4, 0.5) is 0 Å². The van der Waals surface area contributed by atoms with Crippen molar-refractivity contribution in [3.05, 3.63) is 35.9 Å². The molecule has 1 N–H and O–H groups in total. The molecule has 0 atom stereocenters. The second kappa shape index (κ2) is 4.80. The summed E-state index contributed by atoms with van der Waals surface area (Å²) in [6.45, 7) is 7.19. The fraction of sp³-hybridized carbons (Fsp3) is 0.417. The van der Waals surface area contributed by atoms with Crippen molar-refractivity contribution in [1.29, 1.82) is 5.41 Å². The van der Waals surface area contributed by atoms with Crippen LogP contribution in [0.25, 0.3) is 0 Å². The smallest absolute Gasteiger partial charge is 0.128 e. The van der Waals surface area contributed by atoms with Gasteiger partial charge < -0.3 is 4.90 Å². The highest BCUT2D eigenvalue weighted by atomic mass is 15.2. The molecule has 1 aromatic carbocycles. The molecule has 0 aliphatic heterocycles. The first-order valence-corrected chi connectivity index (χ1v) is 5.07. The fourth-order valence-corrected chi connectivity index (χ4v) is 1.54. The predicted molar refractivity (Wildman–Crippen MR) is 60.8 cm³/mol.